The first-order valence-corrected chi connectivity index (χ1v) is 18.3. The third kappa shape index (κ3) is 5.49. The van der Waals surface area contributed by atoms with Crippen molar-refractivity contribution in [3.8, 4) is 34.0 Å². The molecule has 0 amide bonds. The van der Waals surface area contributed by atoms with E-state index in [-0.39, 0.29) is 0 Å². The van der Waals surface area contributed by atoms with Gasteiger partial charge in [0.1, 0.15) is 11.0 Å². The number of hydrogen-bond acceptors (Lipinski definition) is 5. The molecule has 0 spiro atoms. The third-order valence-electron chi connectivity index (χ3n) is 10.4. The summed E-state index contributed by atoms with van der Waals surface area (Å²) in [4.78, 5) is 11.6. The van der Waals surface area contributed by atoms with Crippen LogP contribution in [-0.2, 0) is 0 Å². The Balaban J connectivity index is 0.994. The Morgan fingerprint density at radius 2 is 0.873 bits per heavy atom. The highest BCUT2D eigenvalue weighted by Gasteiger charge is 2.17. The van der Waals surface area contributed by atoms with Crippen molar-refractivity contribution in [1.82, 2.24) is 9.97 Å². The van der Waals surface area contributed by atoms with Crippen molar-refractivity contribution >= 4 is 71.6 Å². The van der Waals surface area contributed by atoms with Crippen LogP contribution < -0.4 is 4.90 Å². The number of anilines is 3. The fraction of sp³-hybridized carbons (Fsp3) is 0. The van der Waals surface area contributed by atoms with Crippen LogP contribution in [0.3, 0.4) is 0 Å². The van der Waals surface area contributed by atoms with E-state index >= 15 is 0 Å². The molecule has 11 rings (SSSR count). The van der Waals surface area contributed by atoms with Gasteiger partial charge in [0.25, 0.3) is 0 Å². The SMILES string of the molecule is [2H]c1c(-c2ccc3ccc4ccccc4c3c2)ccc2cc(N(c3ccc(-c4nc5ccccc5o4)cc3)c3ccc(-c4nc5ccccc5o4)cc3)ccc12. The second-order valence-electron chi connectivity index (χ2n) is 13.8. The van der Waals surface area contributed by atoms with Crippen LogP contribution in [0.5, 0.6) is 0 Å². The Morgan fingerprint density at radius 1 is 0.382 bits per heavy atom. The highest BCUT2D eigenvalue weighted by atomic mass is 16.4. The van der Waals surface area contributed by atoms with Gasteiger partial charge < -0.3 is 13.7 Å². The van der Waals surface area contributed by atoms with E-state index in [4.69, 9.17) is 18.8 Å². The highest BCUT2D eigenvalue weighted by molar-refractivity contribution is 6.09. The van der Waals surface area contributed by atoms with Gasteiger partial charge in [-0.3, -0.25) is 0 Å². The first-order valence-electron chi connectivity index (χ1n) is 18.8. The Kier molecular flexibility index (Phi) is 6.86. The van der Waals surface area contributed by atoms with Crippen LogP contribution in [0.4, 0.5) is 17.1 Å². The molecule has 0 aliphatic carbocycles. The maximum atomic E-state index is 9.40. The molecule has 0 saturated carbocycles. The summed E-state index contributed by atoms with van der Waals surface area (Å²) in [5, 5.41) is 6.68. The standard InChI is InChI=1S/C50H31N3O2/c1-2-8-43-32(7-1)13-14-33-15-16-39(31-44(33)43)36-17-18-38-30-42(28-23-37(38)29-36)53(40-24-19-34(20-25-40)49-51-45-9-3-5-11-47(45)54-49)41-26-21-35(22-27-41)50-52-46-10-4-6-12-48(46)55-50/h1-31H/i29D. The van der Waals surface area contributed by atoms with E-state index in [9.17, 15) is 1.37 Å². The number of aromatic nitrogens is 2. The molecule has 0 aliphatic heterocycles. The summed E-state index contributed by atoms with van der Waals surface area (Å²) in [5.74, 6) is 1.16. The number of rotatable bonds is 6. The molecular weight excluding hydrogens is 675 g/mol. The summed E-state index contributed by atoms with van der Waals surface area (Å²) >= 11 is 0. The minimum absolute atomic E-state index is 0.505. The normalized spacial score (nSPS) is 11.9. The lowest BCUT2D eigenvalue weighted by Gasteiger charge is -2.26. The summed E-state index contributed by atoms with van der Waals surface area (Å²) in [7, 11) is 0. The highest BCUT2D eigenvalue weighted by Crippen LogP contribution is 2.39. The second kappa shape index (κ2) is 12.6. The Morgan fingerprint density at radius 3 is 1.53 bits per heavy atom. The average molecular weight is 707 g/mol. The van der Waals surface area contributed by atoms with Gasteiger partial charge in [-0.15, -0.1) is 0 Å². The molecule has 258 valence electrons. The van der Waals surface area contributed by atoms with E-state index < -0.39 is 0 Å². The van der Waals surface area contributed by atoms with Gasteiger partial charge in [-0.25, -0.2) is 9.97 Å². The number of fused-ring (bicyclic) bond motifs is 6. The van der Waals surface area contributed by atoms with E-state index in [0.717, 1.165) is 72.3 Å². The lowest BCUT2D eigenvalue weighted by molar-refractivity contribution is 0.619. The molecule has 0 bridgehead atoms. The summed E-state index contributed by atoms with van der Waals surface area (Å²) in [5.41, 5.74) is 9.78. The topological polar surface area (TPSA) is 55.3 Å². The van der Waals surface area contributed by atoms with Crippen molar-refractivity contribution in [3.63, 3.8) is 0 Å². The number of para-hydroxylation sites is 4. The van der Waals surface area contributed by atoms with Crippen LogP contribution in [0, 0.1) is 0 Å². The number of oxazole rings is 2. The van der Waals surface area contributed by atoms with Crippen LogP contribution in [-0.4, -0.2) is 9.97 Å². The van der Waals surface area contributed by atoms with Gasteiger partial charge >= 0.3 is 0 Å². The molecule has 2 aromatic heterocycles. The molecule has 0 fully saturated rings. The van der Waals surface area contributed by atoms with Crippen molar-refractivity contribution in [2.24, 2.45) is 0 Å². The molecule has 0 atom stereocenters. The maximum absolute atomic E-state index is 9.40. The largest absolute Gasteiger partial charge is 0.436 e. The molecule has 2 heterocycles. The van der Waals surface area contributed by atoms with Gasteiger partial charge in [-0.1, -0.05) is 91.0 Å². The molecule has 9 aromatic carbocycles. The molecule has 5 heteroatoms. The van der Waals surface area contributed by atoms with Crippen molar-refractivity contribution < 1.29 is 10.2 Å². The monoisotopic (exact) mass is 706 g/mol. The molecule has 0 unspecified atom stereocenters. The van der Waals surface area contributed by atoms with Crippen molar-refractivity contribution in [3.05, 3.63) is 188 Å². The van der Waals surface area contributed by atoms with Gasteiger partial charge in [-0.2, -0.15) is 0 Å². The smallest absolute Gasteiger partial charge is 0.227 e. The van der Waals surface area contributed by atoms with E-state index in [1.165, 1.54) is 21.5 Å². The number of benzene rings is 9. The van der Waals surface area contributed by atoms with Crippen molar-refractivity contribution in [2.75, 3.05) is 4.90 Å². The van der Waals surface area contributed by atoms with Gasteiger partial charge in [0.2, 0.25) is 11.8 Å². The molecule has 0 saturated heterocycles. The summed E-state index contributed by atoms with van der Waals surface area (Å²) in [6.45, 7) is 0. The van der Waals surface area contributed by atoms with Crippen LogP contribution in [0.2, 0.25) is 0 Å². The minimum atomic E-state index is 0.505. The quantitative estimate of drug-likeness (QED) is 0.161. The van der Waals surface area contributed by atoms with Gasteiger partial charge in [0, 0.05) is 28.2 Å². The Hall–Kier alpha value is -7.50. The minimum Gasteiger partial charge on any atom is -0.436 e. The summed E-state index contributed by atoms with van der Waals surface area (Å²) in [6.07, 6.45) is 0. The number of nitrogens with zero attached hydrogens (tertiary/aromatic N) is 3. The summed E-state index contributed by atoms with van der Waals surface area (Å²) < 4.78 is 21.6. The lowest BCUT2D eigenvalue weighted by Crippen LogP contribution is -2.09. The van der Waals surface area contributed by atoms with Crippen LogP contribution in [0.1, 0.15) is 1.37 Å². The third-order valence-corrected chi connectivity index (χ3v) is 10.4. The molecule has 5 nitrogen and oxygen atoms in total. The molecule has 11 aromatic rings. The van der Waals surface area contributed by atoms with Crippen LogP contribution in [0.25, 0.3) is 88.6 Å². The summed E-state index contributed by atoms with van der Waals surface area (Å²) in [6, 6.07) is 62.5. The van der Waals surface area contributed by atoms with Crippen molar-refractivity contribution in [2.45, 2.75) is 0 Å². The average Bonchev–Trinajstić information content (AvgIpc) is 3.90. The predicted octanol–water partition coefficient (Wildman–Crippen LogP) is 13.9. The van der Waals surface area contributed by atoms with Gasteiger partial charge in [-0.05, 0) is 140 Å². The lowest BCUT2D eigenvalue weighted by atomic mass is 9.96. The van der Waals surface area contributed by atoms with Crippen LogP contribution in [0.15, 0.2) is 197 Å². The Labute approximate surface area is 317 Å². The van der Waals surface area contributed by atoms with E-state index in [1.54, 1.807) is 0 Å². The first kappa shape index (κ1) is 30.0. The zero-order chi connectivity index (χ0) is 37.2. The van der Waals surface area contributed by atoms with Gasteiger partial charge in [0.05, 0.1) is 1.37 Å². The molecule has 55 heavy (non-hydrogen) atoms. The van der Waals surface area contributed by atoms with E-state index in [1.807, 2.05) is 72.8 Å². The van der Waals surface area contributed by atoms with Gasteiger partial charge in [0.15, 0.2) is 11.2 Å². The van der Waals surface area contributed by atoms with Crippen LogP contribution >= 0.6 is 0 Å². The first-order chi connectivity index (χ1) is 27.6. The molecule has 0 N–H and O–H groups in total. The predicted molar refractivity (Wildman–Crippen MR) is 225 cm³/mol. The molecular formula is C50H31N3O2. The fourth-order valence-electron chi connectivity index (χ4n) is 7.58. The van der Waals surface area contributed by atoms with E-state index in [0.29, 0.717) is 17.8 Å². The van der Waals surface area contributed by atoms with E-state index in [2.05, 4.69) is 114 Å². The maximum Gasteiger partial charge on any atom is 0.227 e. The fourth-order valence-corrected chi connectivity index (χ4v) is 7.58. The number of hydrogen-bond donors (Lipinski definition) is 0. The second-order valence-corrected chi connectivity index (χ2v) is 13.8. The zero-order valence-corrected chi connectivity index (χ0v) is 29.5. The molecule has 0 aliphatic rings. The molecule has 0 radical (unpaired) electrons. The zero-order valence-electron chi connectivity index (χ0n) is 30.5. The van der Waals surface area contributed by atoms with Crippen molar-refractivity contribution in [1.29, 1.82) is 0 Å². The Bertz CT molecular complexity index is 3090.